The smallest absolute Gasteiger partial charge is 0.387 e. The van der Waals surface area contributed by atoms with E-state index in [2.05, 4.69) is 40.8 Å². The van der Waals surface area contributed by atoms with Crippen molar-refractivity contribution in [1.82, 2.24) is 15.6 Å². The van der Waals surface area contributed by atoms with Crippen molar-refractivity contribution in [2.45, 2.75) is 63.9 Å². The van der Waals surface area contributed by atoms with Gasteiger partial charge in [-0.25, -0.2) is 4.98 Å². The van der Waals surface area contributed by atoms with Crippen LogP contribution in [0.1, 0.15) is 68.4 Å². The van der Waals surface area contributed by atoms with Crippen LogP contribution in [-0.4, -0.2) is 36.3 Å². The molecule has 0 aliphatic heterocycles. The lowest BCUT2D eigenvalue weighted by molar-refractivity contribution is -0.142. The first-order valence-corrected chi connectivity index (χ1v) is 14.2. The van der Waals surface area contributed by atoms with Crippen molar-refractivity contribution in [2.75, 3.05) is 26.2 Å². The van der Waals surface area contributed by atoms with Crippen LogP contribution in [0.5, 0.6) is 0 Å². The van der Waals surface area contributed by atoms with Crippen molar-refractivity contribution in [3.63, 3.8) is 0 Å². The van der Waals surface area contributed by atoms with E-state index < -0.39 is 35.3 Å². The Balaban J connectivity index is 1.30. The van der Waals surface area contributed by atoms with Crippen molar-refractivity contribution in [1.29, 1.82) is 0 Å². The number of allylic oxidation sites excluding steroid dienone is 2. The summed E-state index contributed by atoms with van der Waals surface area (Å²) in [6.07, 6.45) is 3.16. The van der Waals surface area contributed by atoms with E-state index in [9.17, 15) is 31.4 Å². The number of alkyl halides is 6. The number of benzene rings is 1. The third kappa shape index (κ3) is 7.59. The molecule has 2 aromatic rings. The maximum Gasteiger partial charge on any atom is 0.433 e. The Kier molecular flexibility index (Phi) is 9.97. The number of hydrogen-bond donors (Lipinski definition) is 3. The van der Waals surface area contributed by atoms with Gasteiger partial charge in [0.15, 0.2) is 5.69 Å². The second-order valence-corrected chi connectivity index (χ2v) is 11.0. The van der Waals surface area contributed by atoms with Crippen LogP contribution in [0.25, 0.3) is 11.3 Å². The second kappa shape index (κ2) is 13.1. The van der Waals surface area contributed by atoms with Crippen LogP contribution < -0.4 is 10.6 Å². The molecule has 2 atom stereocenters. The Morgan fingerprint density at radius 1 is 0.951 bits per heavy atom. The maximum absolute atomic E-state index is 13.8. The predicted octanol–water partition coefficient (Wildman–Crippen LogP) is 7.47. The Hall–Kier alpha value is -2.69. The van der Waals surface area contributed by atoms with E-state index in [0.29, 0.717) is 24.4 Å². The zero-order chi connectivity index (χ0) is 29.7. The molecule has 4 rings (SSSR count). The molecular formula is C31H37F6N3O. The van der Waals surface area contributed by atoms with Gasteiger partial charge >= 0.3 is 12.4 Å². The molecular weight excluding hydrogens is 544 g/mol. The lowest BCUT2D eigenvalue weighted by Crippen LogP contribution is -2.34. The van der Waals surface area contributed by atoms with Gasteiger partial charge in [-0.15, -0.1) is 0 Å². The van der Waals surface area contributed by atoms with E-state index in [-0.39, 0.29) is 17.8 Å². The van der Waals surface area contributed by atoms with Gasteiger partial charge in [-0.1, -0.05) is 68.2 Å². The average molecular weight is 582 g/mol. The molecule has 0 bridgehead atoms. The number of aliphatic hydroxyl groups is 1. The largest absolute Gasteiger partial charge is 0.433 e. The fourth-order valence-corrected chi connectivity index (χ4v) is 6.22. The Morgan fingerprint density at radius 3 is 2.27 bits per heavy atom. The Bertz CT molecular complexity index is 1210. The highest BCUT2D eigenvalue weighted by Crippen LogP contribution is 2.51. The molecule has 2 aliphatic rings. The van der Waals surface area contributed by atoms with Gasteiger partial charge in [0.05, 0.1) is 17.4 Å². The fraction of sp³-hybridized carbons (Fsp3) is 0.516. The standard InChI is InChI=1S/C31H37F6N3O/c1-2-14-29(15-3-4-16-29)25-7-5-6-22(25)19-38-17-18-39-20-27(41)24-12-13-26(40-28(24)31(35,36)37)21-8-10-23(11-9-21)30(32,33)34/h5-13,22,27,38-39,41H,2-4,14-20H2,1H3/t22-,27+/m1/s1. The van der Waals surface area contributed by atoms with Crippen LogP contribution in [-0.2, 0) is 12.4 Å². The minimum atomic E-state index is -4.85. The number of nitrogens with one attached hydrogen (secondary N) is 2. The molecule has 0 radical (unpaired) electrons. The van der Waals surface area contributed by atoms with Gasteiger partial charge in [-0.3, -0.25) is 0 Å². The lowest BCUT2D eigenvalue weighted by atomic mass is 9.71. The van der Waals surface area contributed by atoms with E-state index in [0.717, 1.165) is 43.3 Å². The highest BCUT2D eigenvalue weighted by Gasteiger charge is 2.40. The Morgan fingerprint density at radius 2 is 1.63 bits per heavy atom. The van der Waals surface area contributed by atoms with E-state index in [1.54, 1.807) is 0 Å². The van der Waals surface area contributed by atoms with Gasteiger partial charge < -0.3 is 15.7 Å². The normalized spacial score (nSPS) is 19.5. The molecule has 1 aromatic carbocycles. The highest BCUT2D eigenvalue weighted by molar-refractivity contribution is 5.60. The van der Waals surface area contributed by atoms with Gasteiger partial charge in [-0.05, 0) is 42.9 Å². The fourth-order valence-electron chi connectivity index (χ4n) is 6.22. The number of aromatic nitrogens is 1. The average Bonchev–Trinajstić information content (AvgIpc) is 3.60. The molecule has 1 saturated carbocycles. The van der Waals surface area contributed by atoms with Crippen molar-refractivity contribution < 1.29 is 31.4 Å². The van der Waals surface area contributed by atoms with Crippen LogP contribution in [0.15, 0.2) is 60.2 Å². The quantitative estimate of drug-likeness (QED) is 0.180. The van der Waals surface area contributed by atoms with Crippen LogP contribution in [0.2, 0.25) is 0 Å². The van der Waals surface area contributed by atoms with Crippen LogP contribution in [0.3, 0.4) is 0 Å². The van der Waals surface area contributed by atoms with E-state index in [1.807, 2.05) is 0 Å². The van der Waals surface area contributed by atoms with Gasteiger partial charge in [0, 0.05) is 43.2 Å². The zero-order valence-corrected chi connectivity index (χ0v) is 23.1. The molecule has 1 aromatic heterocycles. The molecule has 4 nitrogen and oxygen atoms in total. The van der Waals surface area contributed by atoms with Crippen LogP contribution in [0, 0.1) is 11.3 Å². The summed E-state index contributed by atoms with van der Waals surface area (Å²) < 4.78 is 79.9. The predicted molar refractivity (Wildman–Crippen MR) is 147 cm³/mol. The summed E-state index contributed by atoms with van der Waals surface area (Å²) in [6, 6.07) is 6.14. The molecule has 0 saturated heterocycles. The minimum Gasteiger partial charge on any atom is -0.387 e. The van der Waals surface area contributed by atoms with Gasteiger partial charge in [0.1, 0.15) is 0 Å². The van der Waals surface area contributed by atoms with Gasteiger partial charge in [0.25, 0.3) is 0 Å². The van der Waals surface area contributed by atoms with E-state index >= 15 is 0 Å². The second-order valence-electron chi connectivity index (χ2n) is 11.0. The Labute approximate surface area is 237 Å². The summed E-state index contributed by atoms with van der Waals surface area (Å²) in [6.45, 7) is 3.94. The lowest BCUT2D eigenvalue weighted by Gasteiger charge is -2.34. The maximum atomic E-state index is 13.8. The summed E-state index contributed by atoms with van der Waals surface area (Å²) in [5.74, 6) is 0.342. The summed E-state index contributed by atoms with van der Waals surface area (Å²) >= 11 is 0. The molecule has 10 heteroatoms. The third-order valence-corrected chi connectivity index (χ3v) is 8.16. The van der Waals surface area contributed by atoms with Crippen molar-refractivity contribution in [2.24, 2.45) is 11.3 Å². The van der Waals surface area contributed by atoms with Crippen LogP contribution >= 0.6 is 0 Å². The van der Waals surface area contributed by atoms with Gasteiger partial charge in [-0.2, -0.15) is 26.3 Å². The summed E-state index contributed by atoms with van der Waals surface area (Å²) in [5.41, 5.74) is -0.765. The van der Waals surface area contributed by atoms with Crippen molar-refractivity contribution in [3.05, 3.63) is 77.0 Å². The number of halogens is 6. The number of hydrogen-bond acceptors (Lipinski definition) is 4. The number of aliphatic hydroxyl groups excluding tert-OH is 1. The van der Waals surface area contributed by atoms with Crippen LogP contribution in [0.4, 0.5) is 26.3 Å². The van der Waals surface area contributed by atoms with Gasteiger partial charge in [0.2, 0.25) is 0 Å². The number of rotatable bonds is 12. The highest BCUT2D eigenvalue weighted by atomic mass is 19.4. The van der Waals surface area contributed by atoms with E-state index in [1.165, 1.54) is 43.7 Å². The molecule has 0 spiro atoms. The summed E-state index contributed by atoms with van der Waals surface area (Å²) in [4.78, 5) is 3.67. The minimum absolute atomic E-state index is 0.109. The summed E-state index contributed by atoms with van der Waals surface area (Å²) in [5, 5.41) is 17.0. The molecule has 2 aliphatic carbocycles. The number of nitrogens with zero attached hydrogens (tertiary/aromatic N) is 1. The van der Waals surface area contributed by atoms with Crippen molar-refractivity contribution >= 4 is 0 Å². The SMILES string of the molecule is CCCC1(C2=CC=C[C@@H]2CNCCNC[C@H](O)c2ccc(-c3ccc(C(F)(F)F)cc3)nc2C(F)(F)F)CCCC1. The molecule has 0 amide bonds. The van der Waals surface area contributed by atoms with Crippen molar-refractivity contribution in [3.8, 4) is 11.3 Å². The molecule has 1 heterocycles. The molecule has 1 fully saturated rings. The third-order valence-electron chi connectivity index (χ3n) is 8.16. The first-order chi connectivity index (χ1) is 19.4. The molecule has 224 valence electrons. The number of pyridine rings is 1. The first-order valence-electron chi connectivity index (χ1n) is 14.2. The topological polar surface area (TPSA) is 57.2 Å². The summed E-state index contributed by atoms with van der Waals surface area (Å²) in [7, 11) is 0. The molecule has 0 unspecified atom stereocenters. The van der Waals surface area contributed by atoms with E-state index in [4.69, 9.17) is 0 Å². The monoisotopic (exact) mass is 581 g/mol. The first kappa shape index (κ1) is 31.3. The molecule has 41 heavy (non-hydrogen) atoms. The molecule has 3 N–H and O–H groups in total. The zero-order valence-electron chi connectivity index (χ0n) is 23.1.